The van der Waals surface area contributed by atoms with Gasteiger partial charge in [-0.1, -0.05) is 30.3 Å². The number of aliphatic hydroxyl groups excluding tert-OH is 1. The standard InChI is InChI=1S/C9H8FNO/c10-9(12)8(6-11)7-4-2-1-3-5-7/h1-5,8-9,12H. The van der Waals surface area contributed by atoms with Crippen LogP contribution in [0.2, 0.25) is 0 Å². The molecule has 0 heterocycles. The molecule has 0 aliphatic heterocycles. The van der Waals surface area contributed by atoms with E-state index in [4.69, 9.17) is 10.4 Å². The molecule has 0 fully saturated rings. The molecule has 0 radical (unpaired) electrons. The molecule has 3 heteroatoms. The Morgan fingerprint density at radius 3 is 2.33 bits per heavy atom. The molecular formula is C9H8FNO. The van der Waals surface area contributed by atoms with Crippen LogP contribution in [0.25, 0.3) is 0 Å². The molecule has 0 saturated heterocycles. The minimum Gasteiger partial charge on any atom is -0.363 e. The Hall–Kier alpha value is -1.40. The van der Waals surface area contributed by atoms with E-state index in [-0.39, 0.29) is 0 Å². The van der Waals surface area contributed by atoms with Crippen molar-refractivity contribution in [2.24, 2.45) is 0 Å². The van der Waals surface area contributed by atoms with Crippen molar-refractivity contribution < 1.29 is 9.50 Å². The minimum atomic E-state index is -2.11. The van der Waals surface area contributed by atoms with E-state index in [2.05, 4.69) is 0 Å². The summed E-state index contributed by atoms with van der Waals surface area (Å²) < 4.78 is 12.4. The highest BCUT2D eigenvalue weighted by Gasteiger charge is 2.18. The average Bonchev–Trinajstić information content (AvgIpc) is 2.07. The van der Waals surface area contributed by atoms with Crippen LogP contribution in [0.4, 0.5) is 4.39 Å². The number of aliphatic hydroxyl groups is 1. The van der Waals surface area contributed by atoms with Crippen molar-refractivity contribution in [2.45, 2.75) is 12.3 Å². The second kappa shape index (κ2) is 3.84. The van der Waals surface area contributed by atoms with Gasteiger partial charge >= 0.3 is 0 Å². The number of hydrogen-bond donors (Lipinski definition) is 1. The Bertz CT molecular complexity index is 278. The SMILES string of the molecule is N#CC(c1ccccc1)C(O)F. The zero-order valence-corrected chi connectivity index (χ0v) is 6.31. The van der Waals surface area contributed by atoms with Crippen molar-refractivity contribution in [3.05, 3.63) is 35.9 Å². The largest absolute Gasteiger partial charge is 0.363 e. The lowest BCUT2D eigenvalue weighted by atomic mass is 10.0. The molecule has 1 N–H and O–H groups in total. The van der Waals surface area contributed by atoms with Crippen LogP contribution in [0.15, 0.2) is 30.3 Å². The van der Waals surface area contributed by atoms with Gasteiger partial charge in [-0.2, -0.15) is 5.26 Å². The number of halogens is 1. The van der Waals surface area contributed by atoms with Crippen LogP contribution in [0.5, 0.6) is 0 Å². The fourth-order valence-electron chi connectivity index (χ4n) is 0.955. The number of alkyl halides is 1. The summed E-state index contributed by atoms with van der Waals surface area (Å²) in [6, 6.07) is 10.1. The molecule has 0 amide bonds. The van der Waals surface area contributed by atoms with Gasteiger partial charge in [0.1, 0.15) is 5.92 Å². The average molecular weight is 165 g/mol. The molecule has 0 aliphatic rings. The quantitative estimate of drug-likeness (QED) is 0.723. The fraction of sp³-hybridized carbons (Fsp3) is 0.222. The van der Waals surface area contributed by atoms with Crippen LogP contribution in [0.1, 0.15) is 11.5 Å². The van der Waals surface area contributed by atoms with Crippen molar-refractivity contribution >= 4 is 0 Å². The molecule has 0 spiro atoms. The van der Waals surface area contributed by atoms with Gasteiger partial charge < -0.3 is 5.11 Å². The highest BCUT2D eigenvalue weighted by atomic mass is 19.1. The minimum absolute atomic E-state index is 0.495. The van der Waals surface area contributed by atoms with Crippen LogP contribution < -0.4 is 0 Å². The first-order chi connectivity index (χ1) is 5.75. The summed E-state index contributed by atoms with van der Waals surface area (Å²) in [5.74, 6) is -1.08. The third-order valence-corrected chi connectivity index (χ3v) is 1.57. The Labute approximate surface area is 69.9 Å². The Kier molecular flexibility index (Phi) is 2.78. The Morgan fingerprint density at radius 1 is 1.33 bits per heavy atom. The summed E-state index contributed by atoms with van der Waals surface area (Å²) in [7, 11) is 0. The first-order valence-electron chi connectivity index (χ1n) is 3.52. The summed E-state index contributed by atoms with van der Waals surface area (Å²) in [5.41, 5.74) is 0.495. The summed E-state index contributed by atoms with van der Waals surface area (Å²) >= 11 is 0. The molecule has 1 aromatic carbocycles. The van der Waals surface area contributed by atoms with Crippen LogP contribution in [0, 0.1) is 11.3 Å². The van der Waals surface area contributed by atoms with Crippen molar-refractivity contribution in [3.8, 4) is 6.07 Å². The predicted molar refractivity (Wildman–Crippen MR) is 41.9 cm³/mol. The Morgan fingerprint density at radius 2 is 1.92 bits per heavy atom. The molecule has 1 aromatic rings. The summed E-state index contributed by atoms with van der Waals surface area (Å²) in [5, 5.41) is 17.1. The molecule has 0 saturated carbocycles. The van der Waals surface area contributed by atoms with E-state index in [1.807, 2.05) is 0 Å². The number of benzene rings is 1. The lowest BCUT2D eigenvalue weighted by molar-refractivity contribution is 0.0314. The summed E-state index contributed by atoms with van der Waals surface area (Å²) in [6.45, 7) is 0. The number of nitriles is 1. The van der Waals surface area contributed by atoms with Crippen LogP contribution in [-0.4, -0.2) is 11.5 Å². The van der Waals surface area contributed by atoms with Gasteiger partial charge in [0.25, 0.3) is 0 Å². The van der Waals surface area contributed by atoms with Crippen molar-refractivity contribution in [1.82, 2.24) is 0 Å². The van der Waals surface area contributed by atoms with Gasteiger partial charge in [-0.25, -0.2) is 4.39 Å². The zero-order valence-electron chi connectivity index (χ0n) is 6.31. The molecule has 0 aliphatic carbocycles. The van der Waals surface area contributed by atoms with Gasteiger partial charge in [-0.3, -0.25) is 0 Å². The maximum absolute atomic E-state index is 12.4. The highest BCUT2D eigenvalue weighted by molar-refractivity contribution is 5.25. The second-order valence-corrected chi connectivity index (χ2v) is 2.39. The van der Waals surface area contributed by atoms with E-state index in [1.54, 1.807) is 36.4 Å². The first-order valence-corrected chi connectivity index (χ1v) is 3.52. The van der Waals surface area contributed by atoms with Crippen molar-refractivity contribution in [3.63, 3.8) is 0 Å². The lowest BCUT2D eigenvalue weighted by Gasteiger charge is -2.08. The predicted octanol–water partition coefficient (Wildman–Crippen LogP) is 1.58. The van der Waals surface area contributed by atoms with Crippen LogP contribution in [0.3, 0.4) is 0 Å². The van der Waals surface area contributed by atoms with Gasteiger partial charge in [-0.15, -0.1) is 0 Å². The maximum Gasteiger partial charge on any atom is 0.216 e. The van der Waals surface area contributed by atoms with Crippen molar-refractivity contribution in [2.75, 3.05) is 0 Å². The topological polar surface area (TPSA) is 44.0 Å². The van der Waals surface area contributed by atoms with Gasteiger partial charge in [0.2, 0.25) is 6.36 Å². The highest BCUT2D eigenvalue weighted by Crippen LogP contribution is 2.18. The van der Waals surface area contributed by atoms with Gasteiger partial charge in [-0.05, 0) is 5.56 Å². The summed E-state index contributed by atoms with van der Waals surface area (Å²) in [6.07, 6.45) is -2.11. The first kappa shape index (κ1) is 8.69. The van der Waals surface area contributed by atoms with E-state index < -0.39 is 12.3 Å². The molecule has 2 atom stereocenters. The van der Waals surface area contributed by atoms with E-state index in [1.165, 1.54) is 0 Å². The number of rotatable bonds is 2. The van der Waals surface area contributed by atoms with Gasteiger partial charge in [0.05, 0.1) is 6.07 Å². The third-order valence-electron chi connectivity index (χ3n) is 1.57. The second-order valence-electron chi connectivity index (χ2n) is 2.39. The molecule has 2 unspecified atom stereocenters. The van der Waals surface area contributed by atoms with E-state index in [0.29, 0.717) is 5.56 Å². The van der Waals surface area contributed by atoms with E-state index >= 15 is 0 Å². The maximum atomic E-state index is 12.4. The van der Waals surface area contributed by atoms with E-state index in [9.17, 15) is 4.39 Å². The van der Waals surface area contributed by atoms with Gasteiger partial charge in [0, 0.05) is 0 Å². The molecule has 12 heavy (non-hydrogen) atoms. The molecule has 2 nitrogen and oxygen atoms in total. The monoisotopic (exact) mass is 165 g/mol. The molecule has 1 rings (SSSR count). The number of nitrogens with zero attached hydrogens (tertiary/aromatic N) is 1. The normalized spacial score (nSPS) is 14.8. The van der Waals surface area contributed by atoms with Gasteiger partial charge in [0.15, 0.2) is 0 Å². The van der Waals surface area contributed by atoms with Crippen molar-refractivity contribution in [1.29, 1.82) is 5.26 Å². The molecular weight excluding hydrogens is 157 g/mol. The number of hydrogen-bond acceptors (Lipinski definition) is 2. The lowest BCUT2D eigenvalue weighted by Crippen LogP contribution is -2.10. The zero-order chi connectivity index (χ0) is 8.97. The fourth-order valence-corrected chi connectivity index (χ4v) is 0.955. The molecule has 0 aromatic heterocycles. The summed E-state index contributed by atoms with van der Waals surface area (Å²) in [4.78, 5) is 0. The molecule has 62 valence electrons. The Balaban J connectivity index is 2.90. The third kappa shape index (κ3) is 1.80. The van der Waals surface area contributed by atoms with Crippen LogP contribution in [-0.2, 0) is 0 Å². The molecule has 0 bridgehead atoms. The van der Waals surface area contributed by atoms with E-state index in [0.717, 1.165) is 0 Å². The van der Waals surface area contributed by atoms with Crippen LogP contribution >= 0.6 is 0 Å². The smallest absolute Gasteiger partial charge is 0.216 e.